The Morgan fingerprint density at radius 2 is 1.85 bits per heavy atom. The first kappa shape index (κ1) is 24.3. The van der Waals surface area contributed by atoms with E-state index in [0.29, 0.717) is 14.9 Å². The Morgan fingerprint density at radius 1 is 1.12 bits per heavy atom. The molecule has 8 heteroatoms. The number of rotatable bonds is 5. The molecule has 2 heterocycles. The fourth-order valence-electron chi connectivity index (χ4n) is 4.18. The molecule has 34 heavy (non-hydrogen) atoms. The minimum Gasteiger partial charge on any atom is -0.399 e. The van der Waals surface area contributed by atoms with Crippen molar-refractivity contribution in [1.29, 1.82) is 0 Å². The van der Waals surface area contributed by atoms with Crippen LogP contribution in [0.2, 0.25) is 4.34 Å². The first-order valence-electron chi connectivity index (χ1n) is 11.2. The van der Waals surface area contributed by atoms with Crippen LogP contribution in [0.5, 0.6) is 0 Å². The van der Waals surface area contributed by atoms with Gasteiger partial charge in [-0.2, -0.15) is 0 Å². The van der Waals surface area contributed by atoms with Crippen molar-refractivity contribution in [2.24, 2.45) is 0 Å². The van der Waals surface area contributed by atoms with Crippen LogP contribution < -0.4 is 16.4 Å². The summed E-state index contributed by atoms with van der Waals surface area (Å²) in [5.41, 5.74) is 9.89. The molecule has 0 saturated carbocycles. The van der Waals surface area contributed by atoms with Crippen molar-refractivity contribution in [3.63, 3.8) is 0 Å². The van der Waals surface area contributed by atoms with Gasteiger partial charge in [0.25, 0.3) is 5.91 Å². The molecule has 178 valence electrons. The molecule has 6 nitrogen and oxygen atoms in total. The number of carbonyl (C=O) groups is 2. The van der Waals surface area contributed by atoms with Crippen molar-refractivity contribution in [2.75, 3.05) is 31.2 Å². The summed E-state index contributed by atoms with van der Waals surface area (Å²) in [6, 6.07) is 17.4. The highest BCUT2D eigenvalue weighted by Crippen LogP contribution is 2.33. The third-order valence-corrected chi connectivity index (χ3v) is 7.40. The second-order valence-corrected chi connectivity index (χ2v) is 11.0. The van der Waals surface area contributed by atoms with Gasteiger partial charge in [-0.25, -0.2) is 0 Å². The molecule has 1 aliphatic rings. The zero-order valence-electron chi connectivity index (χ0n) is 19.5. The molecule has 0 spiro atoms. The smallest absolute Gasteiger partial charge is 0.262 e. The molecule has 0 aliphatic carbocycles. The minimum absolute atomic E-state index is 0.163. The number of nitrogens with one attached hydrogen (secondary N) is 2. The summed E-state index contributed by atoms with van der Waals surface area (Å²) in [6.45, 7) is 5.21. The van der Waals surface area contributed by atoms with Crippen LogP contribution in [0.15, 0.2) is 54.6 Å². The number of halogens is 1. The summed E-state index contributed by atoms with van der Waals surface area (Å²) in [5, 5.41) is 5.80. The Hall–Kier alpha value is -2.87. The number of anilines is 2. The summed E-state index contributed by atoms with van der Waals surface area (Å²) in [4.78, 5) is 28.5. The molecule has 0 fully saturated rings. The van der Waals surface area contributed by atoms with E-state index in [1.54, 1.807) is 26.0 Å². The molecule has 1 atom stereocenters. The molecular weight excluding hydrogens is 468 g/mol. The highest BCUT2D eigenvalue weighted by molar-refractivity contribution is 7.18. The molecule has 4 rings (SSSR count). The van der Waals surface area contributed by atoms with Crippen LogP contribution >= 0.6 is 22.9 Å². The van der Waals surface area contributed by atoms with Gasteiger partial charge in [0.1, 0.15) is 5.54 Å². The van der Waals surface area contributed by atoms with Crippen LogP contribution in [-0.2, 0) is 11.2 Å². The predicted octanol–water partition coefficient (Wildman–Crippen LogP) is 4.75. The average molecular weight is 497 g/mol. The summed E-state index contributed by atoms with van der Waals surface area (Å²) in [7, 11) is 2.13. The third-order valence-electron chi connectivity index (χ3n) is 6.17. The van der Waals surface area contributed by atoms with Crippen molar-refractivity contribution in [3.05, 3.63) is 80.5 Å². The predicted molar refractivity (Wildman–Crippen MR) is 140 cm³/mol. The van der Waals surface area contributed by atoms with E-state index in [0.717, 1.165) is 25.2 Å². The van der Waals surface area contributed by atoms with Crippen molar-refractivity contribution in [1.82, 2.24) is 10.2 Å². The van der Waals surface area contributed by atoms with Crippen LogP contribution in [0.25, 0.3) is 0 Å². The lowest BCUT2D eigenvalue weighted by Crippen LogP contribution is -2.52. The van der Waals surface area contributed by atoms with Crippen LogP contribution in [0.4, 0.5) is 11.4 Å². The summed E-state index contributed by atoms with van der Waals surface area (Å²) < 4.78 is 0.527. The lowest BCUT2D eigenvalue weighted by molar-refractivity contribution is -0.120. The van der Waals surface area contributed by atoms with E-state index in [-0.39, 0.29) is 17.7 Å². The van der Waals surface area contributed by atoms with Gasteiger partial charge in [0.2, 0.25) is 5.91 Å². The number of nitrogens with zero attached hydrogens (tertiary/aromatic N) is 1. The van der Waals surface area contributed by atoms with E-state index in [1.807, 2.05) is 18.2 Å². The fourth-order valence-corrected chi connectivity index (χ4v) is 5.11. The van der Waals surface area contributed by atoms with Crippen LogP contribution in [0, 0.1) is 0 Å². The maximum absolute atomic E-state index is 13.1. The monoisotopic (exact) mass is 496 g/mol. The van der Waals surface area contributed by atoms with Crippen LogP contribution in [-0.4, -0.2) is 42.4 Å². The SMILES string of the molecule is CN1CCc2ccc(NC(=O)C(C)(C)NC(=O)c3ccc(Cl)s3)cc2C(c2ccc(N)cc2)C1. The molecule has 1 unspecified atom stereocenters. The largest absolute Gasteiger partial charge is 0.399 e. The lowest BCUT2D eigenvalue weighted by Gasteiger charge is -2.26. The van der Waals surface area contributed by atoms with E-state index in [2.05, 4.69) is 46.8 Å². The normalized spacial score (nSPS) is 16.4. The van der Waals surface area contributed by atoms with Gasteiger partial charge >= 0.3 is 0 Å². The highest BCUT2D eigenvalue weighted by Gasteiger charge is 2.31. The summed E-state index contributed by atoms with van der Waals surface area (Å²) >= 11 is 7.12. The number of amides is 2. The molecule has 0 bridgehead atoms. The van der Waals surface area contributed by atoms with E-state index >= 15 is 0 Å². The molecule has 0 radical (unpaired) electrons. The molecule has 1 aliphatic heterocycles. The van der Waals surface area contributed by atoms with Crippen molar-refractivity contribution in [3.8, 4) is 0 Å². The Bertz CT molecular complexity index is 1210. The maximum atomic E-state index is 13.1. The second-order valence-electron chi connectivity index (χ2n) is 9.28. The van der Waals surface area contributed by atoms with E-state index < -0.39 is 5.54 Å². The van der Waals surface area contributed by atoms with Crippen LogP contribution in [0.3, 0.4) is 0 Å². The number of carbonyl (C=O) groups excluding carboxylic acids is 2. The number of nitrogen functional groups attached to an aromatic ring is 1. The number of nitrogens with two attached hydrogens (primary N) is 1. The number of benzene rings is 2. The number of likely N-dealkylation sites (N-methyl/N-ethyl adjacent to an activating group) is 1. The molecule has 3 aromatic rings. The van der Waals surface area contributed by atoms with E-state index in [9.17, 15) is 9.59 Å². The number of hydrogen-bond acceptors (Lipinski definition) is 5. The van der Waals surface area contributed by atoms with Gasteiger partial charge in [0.15, 0.2) is 0 Å². The maximum Gasteiger partial charge on any atom is 0.262 e. The van der Waals surface area contributed by atoms with Gasteiger partial charge in [-0.3, -0.25) is 9.59 Å². The molecule has 4 N–H and O–H groups in total. The van der Waals surface area contributed by atoms with Gasteiger partial charge in [0.05, 0.1) is 9.21 Å². The lowest BCUT2D eigenvalue weighted by atomic mass is 9.87. The van der Waals surface area contributed by atoms with Crippen molar-refractivity contribution < 1.29 is 9.59 Å². The van der Waals surface area contributed by atoms with Crippen molar-refractivity contribution in [2.45, 2.75) is 31.7 Å². The highest BCUT2D eigenvalue weighted by atomic mass is 35.5. The Balaban J connectivity index is 1.56. The average Bonchev–Trinajstić information content (AvgIpc) is 3.16. The first-order chi connectivity index (χ1) is 16.1. The van der Waals surface area contributed by atoms with Crippen LogP contribution in [0.1, 0.15) is 46.1 Å². The molecular formula is C26H29ClN4O2S. The zero-order chi connectivity index (χ0) is 24.5. The van der Waals surface area contributed by atoms with Gasteiger partial charge in [-0.05, 0) is 80.4 Å². The Kier molecular flexibility index (Phi) is 6.98. The molecule has 0 saturated heterocycles. The third kappa shape index (κ3) is 5.43. The first-order valence-corrected chi connectivity index (χ1v) is 12.4. The topological polar surface area (TPSA) is 87.5 Å². The molecule has 2 aromatic carbocycles. The summed E-state index contributed by atoms with van der Waals surface area (Å²) in [6.07, 6.45) is 0.941. The van der Waals surface area contributed by atoms with Crippen molar-refractivity contribution >= 4 is 46.1 Å². The summed E-state index contributed by atoms with van der Waals surface area (Å²) in [5.74, 6) is -0.458. The van der Waals surface area contributed by atoms with Gasteiger partial charge in [-0.15, -0.1) is 11.3 Å². The Labute approximate surface area is 209 Å². The van der Waals surface area contributed by atoms with E-state index in [4.69, 9.17) is 17.3 Å². The second kappa shape index (κ2) is 9.78. The molecule has 1 aromatic heterocycles. The van der Waals surface area contributed by atoms with Gasteiger partial charge in [0, 0.05) is 30.4 Å². The van der Waals surface area contributed by atoms with Gasteiger partial charge in [-0.1, -0.05) is 29.8 Å². The van der Waals surface area contributed by atoms with E-state index in [1.165, 1.54) is 28.0 Å². The fraction of sp³-hybridized carbons (Fsp3) is 0.308. The quantitative estimate of drug-likeness (QED) is 0.445. The standard InChI is InChI=1S/C26H29ClN4O2S/c1-26(2,30-24(32)22-10-11-23(27)34-22)25(33)29-19-9-6-17-12-13-31(3)15-21(20(17)14-19)16-4-7-18(28)8-5-16/h4-11,14,21H,12-13,15,28H2,1-3H3,(H,29,33)(H,30,32). The molecule has 2 amide bonds. The number of fused-ring (bicyclic) bond motifs is 1. The zero-order valence-corrected chi connectivity index (χ0v) is 21.1. The number of thiophene rings is 1. The number of hydrogen-bond donors (Lipinski definition) is 3. The Morgan fingerprint density at radius 3 is 2.53 bits per heavy atom. The minimum atomic E-state index is -1.11. The van der Waals surface area contributed by atoms with Gasteiger partial charge < -0.3 is 21.3 Å².